The van der Waals surface area contributed by atoms with E-state index in [0.29, 0.717) is 45.6 Å². The molecule has 0 fully saturated rings. The first-order valence-corrected chi connectivity index (χ1v) is 14.2. The third kappa shape index (κ3) is 6.29. The molecule has 10 nitrogen and oxygen atoms in total. The smallest absolute Gasteiger partial charge is 0.182 e. The molecule has 47 heavy (non-hydrogen) atoms. The molecule has 7 rings (SSSR count). The molecular weight excluding hydrogens is 592 g/mol. The van der Waals surface area contributed by atoms with E-state index >= 15 is 0 Å². The zero-order valence-corrected chi connectivity index (χ0v) is 24.0. The van der Waals surface area contributed by atoms with E-state index in [9.17, 15) is 20.4 Å². The first-order valence-electron chi connectivity index (χ1n) is 14.2. The highest BCUT2D eigenvalue weighted by Crippen LogP contribution is 2.34. The van der Waals surface area contributed by atoms with Crippen LogP contribution in [-0.4, -0.2) is 50.8 Å². The third-order valence-corrected chi connectivity index (χ3v) is 7.34. The minimum Gasteiger partial charge on any atom is -0.508 e. The summed E-state index contributed by atoms with van der Waals surface area (Å²) in [5.41, 5.74) is 6.54. The van der Waals surface area contributed by atoms with Gasteiger partial charge in [0, 0.05) is 33.4 Å². The van der Waals surface area contributed by atoms with Crippen molar-refractivity contribution in [2.24, 2.45) is 0 Å². The lowest BCUT2D eigenvalue weighted by Gasteiger charge is -2.11. The molecular formula is C37H28N6O4. The number of rotatable bonds is 6. The van der Waals surface area contributed by atoms with E-state index in [2.05, 4.69) is 20.4 Å². The summed E-state index contributed by atoms with van der Waals surface area (Å²) in [7, 11) is 0. The third-order valence-electron chi connectivity index (χ3n) is 7.34. The Morgan fingerprint density at radius 3 is 0.787 bits per heavy atom. The van der Waals surface area contributed by atoms with E-state index in [0.717, 1.165) is 22.3 Å². The summed E-state index contributed by atoms with van der Waals surface area (Å²) in [6.07, 6.45) is 0. The van der Waals surface area contributed by atoms with Crippen molar-refractivity contribution in [3.8, 4) is 90.8 Å². The molecule has 0 amide bonds. The summed E-state index contributed by atoms with van der Waals surface area (Å²) in [6.45, 7) is 0. The standard InChI is InChI=1S/C36H24N6O4.CH4/c43-27-13-5-21(6-14-27)31-33(23-9-17-29(45)18-10-23)39-41-35(37-31)25-1-2-26(4-3-25)36-38-32(22-7-15-28(44)16-8-22)34(40-42-36)24-11-19-30(46)20-12-24;/h1-20,43-46H;1H4. The minimum absolute atomic E-state index is 0. The molecule has 0 unspecified atom stereocenters. The Morgan fingerprint density at radius 2 is 0.511 bits per heavy atom. The number of phenols is 4. The number of nitrogens with zero attached hydrogens (tertiary/aromatic N) is 6. The summed E-state index contributed by atoms with van der Waals surface area (Å²) in [6, 6.07) is 34.0. The van der Waals surface area contributed by atoms with Crippen LogP contribution in [0.25, 0.3) is 67.8 Å². The van der Waals surface area contributed by atoms with Gasteiger partial charge in [-0.2, -0.15) is 0 Å². The second-order valence-corrected chi connectivity index (χ2v) is 10.4. The van der Waals surface area contributed by atoms with Crippen LogP contribution in [0.2, 0.25) is 0 Å². The molecule has 230 valence electrons. The first-order chi connectivity index (χ1) is 22.4. The molecule has 4 N–H and O–H groups in total. The predicted molar refractivity (Wildman–Crippen MR) is 179 cm³/mol. The highest BCUT2D eigenvalue weighted by atomic mass is 16.3. The van der Waals surface area contributed by atoms with Crippen molar-refractivity contribution in [2.75, 3.05) is 0 Å². The Labute approximate surface area is 270 Å². The van der Waals surface area contributed by atoms with Crippen LogP contribution in [0.1, 0.15) is 7.43 Å². The molecule has 0 aliphatic heterocycles. The van der Waals surface area contributed by atoms with Crippen molar-refractivity contribution in [3.05, 3.63) is 121 Å². The van der Waals surface area contributed by atoms with Crippen LogP contribution in [0, 0.1) is 0 Å². The van der Waals surface area contributed by atoms with Crippen LogP contribution in [0.4, 0.5) is 0 Å². The minimum atomic E-state index is 0. The van der Waals surface area contributed by atoms with Gasteiger partial charge in [-0.05, 0) is 97.1 Å². The van der Waals surface area contributed by atoms with Gasteiger partial charge in [0.2, 0.25) is 0 Å². The Hall–Kier alpha value is -6.68. The van der Waals surface area contributed by atoms with Crippen molar-refractivity contribution < 1.29 is 20.4 Å². The highest BCUT2D eigenvalue weighted by molar-refractivity contribution is 5.81. The average molecular weight is 621 g/mol. The van der Waals surface area contributed by atoms with Gasteiger partial charge in [0.05, 0.1) is 0 Å². The van der Waals surface area contributed by atoms with E-state index in [1.165, 1.54) is 0 Å². The fraction of sp³-hybridized carbons (Fsp3) is 0.0270. The molecule has 0 spiro atoms. The fourth-order valence-electron chi connectivity index (χ4n) is 4.93. The van der Waals surface area contributed by atoms with E-state index in [4.69, 9.17) is 9.97 Å². The van der Waals surface area contributed by atoms with Crippen LogP contribution in [-0.2, 0) is 0 Å². The molecule has 2 aromatic heterocycles. The van der Waals surface area contributed by atoms with Crippen molar-refractivity contribution in [1.29, 1.82) is 0 Å². The van der Waals surface area contributed by atoms with Gasteiger partial charge in [-0.15, -0.1) is 20.4 Å². The molecule has 10 heteroatoms. The molecule has 0 aliphatic carbocycles. The van der Waals surface area contributed by atoms with Gasteiger partial charge in [-0.3, -0.25) is 0 Å². The molecule has 7 aromatic rings. The van der Waals surface area contributed by atoms with Gasteiger partial charge in [-0.1, -0.05) is 31.7 Å². The molecule has 0 saturated carbocycles. The van der Waals surface area contributed by atoms with E-state index in [-0.39, 0.29) is 30.4 Å². The molecule has 0 bridgehead atoms. The van der Waals surface area contributed by atoms with Gasteiger partial charge < -0.3 is 20.4 Å². The number of phenolic OH excluding ortho intramolecular Hbond substituents is 4. The zero-order valence-electron chi connectivity index (χ0n) is 24.0. The molecule has 2 heterocycles. The van der Waals surface area contributed by atoms with Gasteiger partial charge in [0.25, 0.3) is 0 Å². The van der Waals surface area contributed by atoms with Gasteiger partial charge in [0.15, 0.2) is 11.6 Å². The fourth-order valence-corrected chi connectivity index (χ4v) is 4.93. The van der Waals surface area contributed by atoms with Gasteiger partial charge >= 0.3 is 0 Å². The van der Waals surface area contributed by atoms with E-state index in [1.54, 1.807) is 97.1 Å². The van der Waals surface area contributed by atoms with Gasteiger partial charge in [0.1, 0.15) is 45.8 Å². The monoisotopic (exact) mass is 620 g/mol. The van der Waals surface area contributed by atoms with Crippen molar-refractivity contribution >= 4 is 0 Å². The molecule has 5 aromatic carbocycles. The SMILES string of the molecule is C.Oc1ccc(-c2nnc(-c3ccc(-c4nnc(-c5ccc(O)cc5)c(-c5ccc(O)cc5)n4)cc3)nc2-c2ccc(O)cc2)cc1. The molecule has 0 atom stereocenters. The topological polar surface area (TPSA) is 158 Å². The maximum absolute atomic E-state index is 9.84. The number of hydrogen-bond acceptors (Lipinski definition) is 10. The maximum atomic E-state index is 9.84. The normalized spacial score (nSPS) is 10.7. The Morgan fingerprint density at radius 1 is 0.277 bits per heavy atom. The summed E-state index contributed by atoms with van der Waals surface area (Å²) >= 11 is 0. The van der Waals surface area contributed by atoms with Crippen LogP contribution in [0.5, 0.6) is 23.0 Å². The Balaban J connectivity index is 0.00000386. The quantitative estimate of drug-likeness (QED) is 0.146. The summed E-state index contributed by atoms with van der Waals surface area (Å²) in [5, 5.41) is 57.0. The number of aromatic hydroxyl groups is 4. The van der Waals surface area contributed by atoms with E-state index < -0.39 is 0 Å². The molecule has 0 aliphatic rings. The first kappa shape index (κ1) is 30.4. The largest absolute Gasteiger partial charge is 0.508 e. The second-order valence-electron chi connectivity index (χ2n) is 10.4. The Kier molecular flexibility index (Phi) is 8.23. The summed E-state index contributed by atoms with van der Waals surface area (Å²) in [4.78, 5) is 9.71. The summed E-state index contributed by atoms with van der Waals surface area (Å²) < 4.78 is 0. The lowest BCUT2D eigenvalue weighted by molar-refractivity contribution is 0.475. The number of hydrogen-bond donors (Lipinski definition) is 4. The van der Waals surface area contributed by atoms with Crippen LogP contribution >= 0.6 is 0 Å². The van der Waals surface area contributed by atoms with E-state index in [1.807, 2.05) is 24.3 Å². The number of aromatic nitrogens is 6. The Bertz CT molecular complexity index is 2000. The van der Waals surface area contributed by atoms with Gasteiger partial charge in [-0.25, -0.2) is 9.97 Å². The molecule has 0 saturated heterocycles. The van der Waals surface area contributed by atoms with Crippen molar-refractivity contribution in [2.45, 2.75) is 7.43 Å². The highest BCUT2D eigenvalue weighted by Gasteiger charge is 2.17. The zero-order chi connectivity index (χ0) is 31.6. The summed E-state index contributed by atoms with van der Waals surface area (Å²) in [5.74, 6) is 1.32. The van der Waals surface area contributed by atoms with Crippen molar-refractivity contribution in [1.82, 2.24) is 30.4 Å². The maximum Gasteiger partial charge on any atom is 0.182 e. The van der Waals surface area contributed by atoms with Crippen molar-refractivity contribution in [3.63, 3.8) is 0 Å². The number of benzene rings is 5. The molecule has 0 radical (unpaired) electrons. The lowest BCUT2D eigenvalue weighted by Crippen LogP contribution is -2.01. The second kappa shape index (κ2) is 12.7. The predicted octanol–water partition coefficient (Wildman–Crippen LogP) is 7.52. The van der Waals surface area contributed by atoms with Crippen LogP contribution in [0.15, 0.2) is 121 Å². The average Bonchev–Trinajstić information content (AvgIpc) is 3.09. The lowest BCUT2D eigenvalue weighted by atomic mass is 10.0. The van der Waals surface area contributed by atoms with Crippen LogP contribution < -0.4 is 0 Å². The van der Waals surface area contributed by atoms with Crippen LogP contribution in [0.3, 0.4) is 0 Å².